The van der Waals surface area contributed by atoms with Crippen LogP contribution in [0, 0.1) is 16.7 Å². The van der Waals surface area contributed by atoms with Crippen LogP contribution in [0.1, 0.15) is 118 Å². The van der Waals surface area contributed by atoms with Gasteiger partial charge in [-0.15, -0.1) is 0 Å². The van der Waals surface area contributed by atoms with Crippen molar-refractivity contribution in [2.45, 2.75) is 252 Å². The first-order valence-electron chi connectivity index (χ1n) is 28.2. The second kappa shape index (κ2) is 23.6. The Morgan fingerprint density at radius 3 is 1.77 bits per heavy atom. The van der Waals surface area contributed by atoms with Crippen LogP contribution in [0.4, 0.5) is 0 Å². The average molecular weight is 1110 g/mol. The lowest BCUT2D eigenvalue weighted by molar-refractivity contribution is -0.356. The minimum atomic E-state index is -1.92. The SMILES string of the molecule is CO[C@@H]1[C@@H](O)[C@H](O[C@@H]2[C@@H](C)O[C@@H](O[C@H]3[C@@H](OC)C[C@H](O[C@H]4[C@@H](OC)C[C@H](O[C@H]5CC[C@@]6(C)C(=CC[C@]7(O)[C@@H]6C[C@@H](OC(=O)/C=C/c6ccccc6)[C@@]6(C)[C@]7(O)CC[C@]6(O)[C@H](C)O)C5)O[C@@H]4C)O[C@@H]3C)C[C@H]2OC)O[C@H](C)[C@H]1O. The Hall–Kier alpha value is -2.55. The number of rotatable bonds is 16. The minimum Gasteiger partial charge on any atom is -0.458 e. The van der Waals surface area contributed by atoms with Gasteiger partial charge in [-0.25, -0.2) is 4.79 Å². The van der Waals surface area contributed by atoms with Crippen LogP contribution in [0.15, 0.2) is 48.1 Å². The molecular weight excluding hydrogens is 1020 g/mol. The molecule has 6 N–H and O–H groups in total. The molecule has 0 radical (unpaired) electrons. The Balaban J connectivity index is 0.809. The fourth-order valence-electron chi connectivity index (χ4n) is 15.2. The fourth-order valence-corrected chi connectivity index (χ4v) is 15.2. The molecule has 20 heteroatoms. The van der Waals surface area contributed by atoms with Gasteiger partial charge < -0.3 is 92.2 Å². The molecule has 7 fully saturated rings. The smallest absolute Gasteiger partial charge is 0.331 e. The third kappa shape index (κ3) is 10.6. The molecule has 4 saturated heterocycles. The molecule has 0 unspecified atom stereocenters. The molecule has 0 bridgehead atoms. The zero-order chi connectivity index (χ0) is 56.3. The predicted molar refractivity (Wildman–Crippen MR) is 278 cm³/mol. The van der Waals surface area contributed by atoms with Gasteiger partial charge in [0, 0.05) is 59.7 Å². The highest BCUT2D eigenvalue weighted by molar-refractivity contribution is 5.87. The van der Waals surface area contributed by atoms with Crippen LogP contribution >= 0.6 is 0 Å². The highest BCUT2D eigenvalue weighted by atomic mass is 16.8. The summed E-state index contributed by atoms with van der Waals surface area (Å²) >= 11 is 0. The monoisotopic (exact) mass is 1100 g/mol. The number of aliphatic hydroxyl groups excluding tert-OH is 3. The van der Waals surface area contributed by atoms with Crippen molar-refractivity contribution in [3.63, 3.8) is 0 Å². The number of aliphatic hydroxyl groups is 6. The normalized spacial score (nSPS) is 49.1. The summed E-state index contributed by atoms with van der Waals surface area (Å²) in [5, 5.41) is 70.8. The van der Waals surface area contributed by atoms with Gasteiger partial charge in [0.2, 0.25) is 0 Å². The standard InChI is InChI=1S/C58H88O20/c1-30-47(61)52(69-11)48(62)53(73-30)78-51-33(4)72-46(28-40(51)68-10)77-50-32(3)71-45(27-39(50)67-9)76-49-31(2)70-44(26-38(49)66-8)74-37-20-21-54(6)36(25-37)19-22-57(64)41(54)29-42(75-43(60)18-17-35-15-13-12-14-16-35)55(7)56(63,34(5)59)23-24-58(55,57)65/h12-19,30-34,37-42,44-53,59,61-65H,20-29H2,1-11H3/b18-17+/t30-,31-,32-,33-,34+,37+,38+,39+,40-,41-,42-,44+,45+,46+,47-,48-,49-,50-,51-,52+,53+,54+,55-,56+,57+,58-/m1/s1. The fraction of sp³-hybridized carbons (Fsp3) is 0.810. The number of benzene rings is 1. The van der Waals surface area contributed by atoms with E-state index < -0.39 is 156 Å². The largest absolute Gasteiger partial charge is 0.458 e. The zero-order valence-electron chi connectivity index (χ0n) is 47.2. The first-order valence-corrected chi connectivity index (χ1v) is 28.2. The Bertz CT molecular complexity index is 2250. The quantitative estimate of drug-likeness (QED) is 0.0777. The lowest BCUT2D eigenvalue weighted by Gasteiger charge is -2.67. The number of carbonyl (C=O) groups excluding carboxylic acids is 1. The van der Waals surface area contributed by atoms with Crippen molar-refractivity contribution in [3.8, 4) is 0 Å². The van der Waals surface area contributed by atoms with Crippen molar-refractivity contribution in [3.05, 3.63) is 53.6 Å². The van der Waals surface area contributed by atoms with Gasteiger partial charge in [0.1, 0.15) is 59.5 Å². The van der Waals surface area contributed by atoms with Gasteiger partial charge in [-0.05, 0) is 96.6 Å². The van der Waals surface area contributed by atoms with Crippen LogP contribution in [0.5, 0.6) is 0 Å². The summed E-state index contributed by atoms with van der Waals surface area (Å²) in [6.07, 6.45) is -5.94. The summed E-state index contributed by atoms with van der Waals surface area (Å²) in [6, 6.07) is 9.34. The molecule has 8 aliphatic rings. The summed E-state index contributed by atoms with van der Waals surface area (Å²) in [5.74, 6) is -1.21. The molecule has 0 aromatic heterocycles. The molecule has 26 atom stereocenters. The Morgan fingerprint density at radius 1 is 0.679 bits per heavy atom. The molecule has 9 rings (SSSR count). The van der Waals surface area contributed by atoms with Crippen LogP contribution in [-0.2, 0) is 66.4 Å². The number of hydrogen-bond donors (Lipinski definition) is 6. The average Bonchev–Trinajstić information content (AvgIpc) is 2.85. The van der Waals surface area contributed by atoms with Crippen LogP contribution in [0.3, 0.4) is 0 Å². The third-order valence-corrected chi connectivity index (χ3v) is 19.8. The maximum absolute atomic E-state index is 13.6. The van der Waals surface area contributed by atoms with Gasteiger partial charge >= 0.3 is 5.97 Å². The van der Waals surface area contributed by atoms with Gasteiger partial charge in [-0.3, -0.25) is 0 Å². The van der Waals surface area contributed by atoms with Gasteiger partial charge in [0.05, 0.1) is 60.4 Å². The van der Waals surface area contributed by atoms with Crippen molar-refractivity contribution in [1.29, 1.82) is 0 Å². The molecule has 0 amide bonds. The van der Waals surface area contributed by atoms with E-state index in [0.717, 1.165) is 11.1 Å². The lowest BCUT2D eigenvalue weighted by atomic mass is 9.42. The minimum absolute atomic E-state index is 0.00562. The molecule has 3 saturated carbocycles. The maximum atomic E-state index is 13.6. The molecular formula is C58H88O20. The van der Waals surface area contributed by atoms with E-state index >= 15 is 0 Å². The number of esters is 1. The number of hydrogen-bond acceptors (Lipinski definition) is 20. The summed E-state index contributed by atoms with van der Waals surface area (Å²) in [6.45, 7) is 12.6. The molecule has 1 aromatic rings. The molecule has 4 heterocycles. The molecule has 0 spiro atoms. The summed E-state index contributed by atoms with van der Waals surface area (Å²) in [7, 11) is 6.25. The van der Waals surface area contributed by atoms with E-state index in [9.17, 15) is 35.4 Å². The topological polar surface area (TPSA) is 258 Å². The van der Waals surface area contributed by atoms with E-state index in [4.69, 9.17) is 61.6 Å². The predicted octanol–water partition coefficient (Wildman–Crippen LogP) is 4.00. The Labute approximate surface area is 458 Å². The van der Waals surface area contributed by atoms with Gasteiger partial charge in [0.25, 0.3) is 0 Å². The van der Waals surface area contributed by atoms with E-state index in [1.54, 1.807) is 41.3 Å². The van der Waals surface area contributed by atoms with Crippen molar-refractivity contribution in [2.24, 2.45) is 16.7 Å². The highest BCUT2D eigenvalue weighted by Crippen LogP contribution is 2.71. The third-order valence-electron chi connectivity index (χ3n) is 19.8. The summed E-state index contributed by atoms with van der Waals surface area (Å²) in [4.78, 5) is 13.6. The zero-order valence-corrected chi connectivity index (χ0v) is 47.2. The van der Waals surface area contributed by atoms with E-state index in [1.807, 2.05) is 57.2 Å². The summed E-state index contributed by atoms with van der Waals surface area (Å²) < 4.78 is 81.1. The van der Waals surface area contributed by atoms with Crippen LogP contribution in [0.2, 0.25) is 0 Å². The molecule has 440 valence electrons. The van der Waals surface area contributed by atoms with Crippen LogP contribution in [-0.4, -0.2) is 205 Å². The first kappa shape index (κ1) is 60.1. The van der Waals surface area contributed by atoms with Gasteiger partial charge in [0.15, 0.2) is 25.2 Å². The highest BCUT2D eigenvalue weighted by Gasteiger charge is 2.81. The first-order chi connectivity index (χ1) is 37.0. The number of methoxy groups -OCH3 is 4. The molecule has 4 aliphatic heterocycles. The molecule has 20 nitrogen and oxygen atoms in total. The molecule has 4 aliphatic carbocycles. The second-order valence-corrected chi connectivity index (χ2v) is 23.9. The maximum Gasteiger partial charge on any atom is 0.331 e. The van der Waals surface area contributed by atoms with E-state index in [1.165, 1.54) is 20.1 Å². The van der Waals surface area contributed by atoms with Crippen LogP contribution in [0.25, 0.3) is 6.08 Å². The van der Waals surface area contributed by atoms with Crippen LogP contribution < -0.4 is 0 Å². The van der Waals surface area contributed by atoms with Crippen molar-refractivity contribution in [2.75, 3.05) is 28.4 Å². The molecule has 1 aromatic carbocycles. The van der Waals surface area contributed by atoms with Gasteiger partial charge in [-0.2, -0.15) is 0 Å². The van der Waals surface area contributed by atoms with E-state index in [2.05, 4.69) is 6.92 Å². The van der Waals surface area contributed by atoms with E-state index in [-0.39, 0.29) is 31.8 Å². The van der Waals surface area contributed by atoms with Crippen molar-refractivity contribution >= 4 is 12.0 Å². The summed E-state index contributed by atoms with van der Waals surface area (Å²) in [5.41, 5.74) is -5.84. The Kier molecular flexibility index (Phi) is 18.2. The van der Waals surface area contributed by atoms with Crippen molar-refractivity contribution in [1.82, 2.24) is 0 Å². The molecule has 78 heavy (non-hydrogen) atoms. The van der Waals surface area contributed by atoms with E-state index in [0.29, 0.717) is 38.5 Å². The second-order valence-electron chi connectivity index (χ2n) is 23.9. The lowest BCUT2D eigenvalue weighted by Crippen LogP contribution is -2.78. The van der Waals surface area contributed by atoms with Gasteiger partial charge in [-0.1, -0.05) is 55.8 Å². The Morgan fingerprint density at radius 2 is 1.23 bits per heavy atom. The number of carbonyl (C=O) groups is 1. The number of fused-ring (bicyclic) bond motifs is 5. The van der Waals surface area contributed by atoms with Crippen molar-refractivity contribution < 1.29 is 97.0 Å². The number of ether oxygens (including phenoxy) is 13.